The van der Waals surface area contributed by atoms with E-state index in [2.05, 4.69) is 31.2 Å². The van der Waals surface area contributed by atoms with E-state index in [0.717, 1.165) is 35.2 Å². The molecule has 126 valence electrons. The Morgan fingerprint density at radius 3 is 1.62 bits per heavy atom. The fourth-order valence-electron chi connectivity index (χ4n) is 4.92. The lowest BCUT2D eigenvalue weighted by atomic mass is 10.1. The Balaban J connectivity index is 1.16. The van der Waals surface area contributed by atoms with E-state index in [1.807, 2.05) is 0 Å². The van der Waals surface area contributed by atoms with Gasteiger partial charge in [-0.1, -0.05) is 0 Å². The zero-order chi connectivity index (χ0) is 15.8. The van der Waals surface area contributed by atoms with E-state index in [0.29, 0.717) is 11.8 Å². The molecule has 2 heteroatoms. The number of hydrogen-bond donors (Lipinski definition) is 0. The van der Waals surface area contributed by atoms with Crippen molar-refractivity contribution in [2.75, 3.05) is 0 Å². The van der Waals surface area contributed by atoms with E-state index in [4.69, 9.17) is 8.83 Å². The van der Waals surface area contributed by atoms with Gasteiger partial charge in [-0.3, -0.25) is 0 Å². The van der Waals surface area contributed by atoms with Crippen molar-refractivity contribution in [2.24, 2.45) is 23.7 Å². The van der Waals surface area contributed by atoms with Crippen LogP contribution >= 0.6 is 0 Å². The Hall–Kier alpha value is -1.44. The lowest BCUT2D eigenvalue weighted by molar-refractivity contribution is 0.400. The van der Waals surface area contributed by atoms with Crippen LogP contribution in [-0.4, -0.2) is 0 Å². The van der Waals surface area contributed by atoms with Crippen LogP contribution in [0.15, 0.2) is 33.1 Å². The van der Waals surface area contributed by atoms with Gasteiger partial charge >= 0.3 is 0 Å². The molecule has 2 heterocycles. The first-order valence-corrected chi connectivity index (χ1v) is 9.97. The summed E-state index contributed by atoms with van der Waals surface area (Å²) in [5.74, 6) is 10.1. The van der Waals surface area contributed by atoms with Crippen molar-refractivity contribution >= 4 is 0 Å². The average Bonchev–Trinajstić information content (AvgIpc) is 3.41. The molecule has 0 amide bonds. The van der Waals surface area contributed by atoms with Crippen molar-refractivity contribution in [3.05, 3.63) is 47.3 Å². The Morgan fingerprint density at radius 1 is 0.750 bits per heavy atom. The maximum Gasteiger partial charge on any atom is 0.114 e. The third kappa shape index (κ3) is 2.29. The molecule has 0 bridgehead atoms. The van der Waals surface area contributed by atoms with Crippen molar-refractivity contribution in [1.82, 2.24) is 0 Å². The van der Waals surface area contributed by atoms with E-state index in [-0.39, 0.29) is 5.92 Å². The van der Waals surface area contributed by atoms with Gasteiger partial charge in [0.2, 0.25) is 0 Å². The van der Waals surface area contributed by atoms with Crippen LogP contribution in [0.3, 0.4) is 0 Å². The van der Waals surface area contributed by atoms with Crippen LogP contribution in [-0.2, 0) is 0 Å². The second kappa shape index (κ2) is 4.80. The van der Waals surface area contributed by atoms with Crippen molar-refractivity contribution in [1.29, 1.82) is 0 Å². The second-order valence-electron chi connectivity index (χ2n) is 8.89. The molecule has 2 aromatic heterocycles. The van der Waals surface area contributed by atoms with Crippen molar-refractivity contribution in [3.63, 3.8) is 0 Å². The summed E-state index contributed by atoms with van der Waals surface area (Å²) in [7, 11) is 0. The van der Waals surface area contributed by atoms with Gasteiger partial charge in [-0.05, 0) is 93.4 Å². The highest BCUT2D eigenvalue weighted by Gasteiger charge is 2.50. The minimum absolute atomic E-state index is 0.226. The molecule has 0 aromatic carbocycles. The lowest BCUT2D eigenvalue weighted by Gasteiger charge is -2.05. The maximum atomic E-state index is 6.23. The zero-order valence-electron chi connectivity index (χ0n) is 14.4. The van der Waals surface area contributed by atoms with E-state index < -0.39 is 0 Å². The first-order valence-electron chi connectivity index (χ1n) is 9.97. The molecule has 4 aliphatic rings. The van der Waals surface area contributed by atoms with Crippen LogP contribution < -0.4 is 0 Å². The summed E-state index contributed by atoms with van der Waals surface area (Å²) < 4.78 is 12.5. The molecule has 4 saturated carbocycles. The number of hydrogen-bond acceptors (Lipinski definition) is 2. The summed E-state index contributed by atoms with van der Waals surface area (Å²) in [4.78, 5) is 0. The third-order valence-corrected chi connectivity index (χ3v) is 7.01. The summed E-state index contributed by atoms with van der Waals surface area (Å²) in [6.45, 7) is 2.21. The molecule has 6 rings (SSSR count). The van der Waals surface area contributed by atoms with Gasteiger partial charge in [-0.2, -0.15) is 0 Å². The van der Waals surface area contributed by atoms with E-state index in [9.17, 15) is 0 Å². The molecule has 4 fully saturated rings. The summed E-state index contributed by atoms with van der Waals surface area (Å²) >= 11 is 0. The topological polar surface area (TPSA) is 26.3 Å². The fraction of sp³-hybridized carbons (Fsp3) is 0.636. The Labute approximate surface area is 143 Å². The molecule has 1 unspecified atom stereocenters. The summed E-state index contributed by atoms with van der Waals surface area (Å²) in [5, 5.41) is 0. The Kier molecular flexibility index (Phi) is 2.76. The molecule has 5 atom stereocenters. The lowest BCUT2D eigenvalue weighted by Crippen LogP contribution is -1.92. The van der Waals surface area contributed by atoms with Crippen LogP contribution in [0.4, 0.5) is 0 Å². The zero-order valence-corrected chi connectivity index (χ0v) is 14.4. The van der Waals surface area contributed by atoms with E-state index >= 15 is 0 Å². The minimum atomic E-state index is 0.226. The molecule has 4 aliphatic carbocycles. The van der Waals surface area contributed by atoms with Gasteiger partial charge in [-0.25, -0.2) is 0 Å². The minimum Gasteiger partial charge on any atom is -0.465 e. The van der Waals surface area contributed by atoms with Crippen LogP contribution in [0.5, 0.6) is 0 Å². The van der Waals surface area contributed by atoms with Gasteiger partial charge in [0, 0.05) is 11.8 Å². The van der Waals surface area contributed by atoms with Crippen molar-refractivity contribution in [3.8, 4) is 0 Å². The molecular weight excluding hydrogens is 296 g/mol. The number of rotatable bonds is 6. The van der Waals surface area contributed by atoms with Gasteiger partial charge in [0.05, 0.1) is 5.92 Å². The number of furan rings is 2. The maximum absolute atomic E-state index is 6.23. The average molecular weight is 322 g/mol. The second-order valence-corrected chi connectivity index (χ2v) is 8.89. The van der Waals surface area contributed by atoms with Crippen LogP contribution in [0.2, 0.25) is 0 Å². The molecule has 2 aromatic rings. The smallest absolute Gasteiger partial charge is 0.114 e. The first-order chi connectivity index (χ1) is 11.8. The Bertz CT molecular complexity index is 696. The molecule has 0 N–H and O–H groups in total. The molecule has 0 spiro atoms. The van der Waals surface area contributed by atoms with Gasteiger partial charge < -0.3 is 8.83 Å². The monoisotopic (exact) mass is 322 g/mol. The quantitative estimate of drug-likeness (QED) is 0.647. The molecule has 2 nitrogen and oxygen atoms in total. The van der Waals surface area contributed by atoms with Gasteiger partial charge in [0.15, 0.2) is 0 Å². The third-order valence-electron chi connectivity index (χ3n) is 7.01. The van der Waals surface area contributed by atoms with Gasteiger partial charge in [0.25, 0.3) is 0 Å². The standard InChI is InChI=1S/C22H26O2/c1-12(19-6-8-21(23-19)17-10-15(17)13-2-3-13)20-7-9-22(24-20)18-11-16(18)14-4-5-14/h6-9,12-18H,2-5,10-11H2,1H3/t12?,15-,16+,17-,18+. The van der Waals surface area contributed by atoms with Crippen molar-refractivity contribution < 1.29 is 8.83 Å². The summed E-state index contributed by atoms with van der Waals surface area (Å²) in [5.41, 5.74) is 0. The summed E-state index contributed by atoms with van der Waals surface area (Å²) in [6.07, 6.45) is 8.49. The molecule has 0 saturated heterocycles. The highest BCUT2D eigenvalue weighted by atomic mass is 16.4. The molecular formula is C22H26O2. The fourth-order valence-corrected chi connectivity index (χ4v) is 4.92. The van der Waals surface area contributed by atoms with Crippen LogP contribution in [0.1, 0.15) is 86.2 Å². The van der Waals surface area contributed by atoms with Crippen molar-refractivity contribution in [2.45, 2.75) is 63.2 Å². The highest BCUT2D eigenvalue weighted by molar-refractivity contribution is 5.27. The highest BCUT2D eigenvalue weighted by Crippen LogP contribution is 2.60. The summed E-state index contributed by atoms with van der Waals surface area (Å²) in [6, 6.07) is 8.78. The SMILES string of the molecule is CC(c1ccc([C@H]2C[C@H]2C2CC2)o1)c1ccc([C@@H]2C[C@@H]2C2CC2)o1. The van der Waals surface area contributed by atoms with Gasteiger partial charge in [-0.15, -0.1) is 0 Å². The molecule has 0 radical (unpaired) electrons. The van der Waals surface area contributed by atoms with Crippen LogP contribution in [0, 0.1) is 23.7 Å². The van der Waals surface area contributed by atoms with Crippen LogP contribution in [0.25, 0.3) is 0 Å². The normalized spacial score (nSPS) is 35.9. The largest absolute Gasteiger partial charge is 0.465 e. The van der Waals surface area contributed by atoms with E-state index in [1.54, 1.807) is 0 Å². The first kappa shape index (κ1) is 13.8. The molecule has 24 heavy (non-hydrogen) atoms. The van der Waals surface area contributed by atoms with Gasteiger partial charge in [0.1, 0.15) is 23.0 Å². The Morgan fingerprint density at radius 2 is 1.21 bits per heavy atom. The molecule has 0 aliphatic heterocycles. The predicted octanol–water partition coefficient (Wildman–Crippen LogP) is 6.05. The van der Waals surface area contributed by atoms with E-state index in [1.165, 1.54) is 50.0 Å². The predicted molar refractivity (Wildman–Crippen MR) is 92.1 cm³/mol.